The van der Waals surface area contributed by atoms with Gasteiger partial charge in [-0.2, -0.15) is 0 Å². The zero-order chi connectivity index (χ0) is 12.4. The number of aromatic nitrogens is 4. The maximum Gasteiger partial charge on any atom is 0.365 e. The number of carboxylic acid groups (broad SMARTS) is 1. The molecule has 2 aromatic heterocycles. The number of rotatable bonds is 4. The first-order valence-electron chi connectivity index (χ1n) is 4.50. The van der Waals surface area contributed by atoms with E-state index in [0.717, 1.165) is 11.3 Å². The van der Waals surface area contributed by atoms with Crippen LogP contribution in [0.2, 0.25) is 0 Å². The van der Waals surface area contributed by atoms with Gasteiger partial charge in [0, 0.05) is 18.2 Å². The monoisotopic (exact) mass is 272 g/mol. The van der Waals surface area contributed by atoms with E-state index in [9.17, 15) is 9.59 Å². The average Bonchev–Trinajstić information content (AvgIpc) is 2.86. The predicted molar refractivity (Wildman–Crippen MR) is 62.5 cm³/mol. The SMILES string of the molecule is Cn1c(SCc2csc(C(=O)O)n2)n[nH]c1=O. The van der Waals surface area contributed by atoms with Crippen LogP contribution in [-0.4, -0.2) is 30.8 Å². The first-order valence-corrected chi connectivity index (χ1v) is 6.36. The topological polar surface area (TPSA) is 101 Å². The molecule has 0 saturated heterocycles. The van der Waals surface area contributed by atoms with Gasteiger partial charge in [-0.3, -0.25) is 4.57 Å². The molecule has 0 aliphatic heterocycles. The highest BCUT2D eigenvalue weighted by molar-refractivity contribution is 7.98. The fourth-order valence-corrected chi connectivity index (χ4v) is 2.64. The first-order chi connectivity index (χ1) is 8.08. The van der Waals surface area contributed by atoms with Crippen molar-refractivity contribution in [3.63, 3.8) is 0 Å². The number of H-pyrrole nitrogens is 1. The molecule has 2 aromatic rings. The average molecular weight is 272 g/mol. The standard InChI is InChI=1S/C8H8N4O3S2/c1-12-7(15)10-11-8(12)17-3-4-2-16-5(9-4)6(13)14/h2H,3H2,1H3,(H,10,15)(H,13,14). The molecule has 2 heterocycles. The Labute approximate surface area is 104 Å². The van der Waals surface area contributed by atoms with Crippen LogP contribution >= 0.6 is 23.1 Å². The lowest BCUT2D eigenvalue weighted by atomic mass is 10.6. The van der Waals surface area contributed by atoms with E-state index in [1.54, 1.807) is 12.4 Å². The summed E-state index contributed by atoms with van der Waals surface area (Å²) in [4.78, 5) is 25.6. The number of nitrogens with one attached hydrogen (secondary N) is 1. The molecule has 7 nitrogen and oxygen atoms in total. The molecule has 9 heteroatoms. The quantitative estimate of drug-likeness (QED) is 0.788. The molecule has 0 spiro atoms. The molecule has 0 atom stereocenters. The van der Waals surface area contributed by atoms with Crippen LogP contribution in [0.5, 0.6) is 0 Å². The number of thiazole rings is 1. The Bertz CT molecular complexity index is 600. The summed E-state index contributed by atoms with van der Waals surface area (Å²) in [5.41, 5.74) is 0.379. The Morgan fingerprint density at radius 2 is 2.47 bits per heavy atom. The van der Waals surface area contributed by atoms with E-state index in [1.165, 1.54) is 16.3 Å². The van der Waals surface area contributed by atoms with E-state index in [4.69, 9.17) is 5.11 Å². The second-order valence-corrected chi connectivity index (χ2v) is 4.91. The molecule has 90 valence electrons. The van der Waals surface area contributed by atoms with Crippen LogP contribution < -0.4 is 5.69 Å². The van der Waals surface area contributed by atoms with Gasteiger partial charge < -0.3 is 5.11 Å². The van der Waals surface area contributed by atoms with E-state index in [1.807, 2.05) is 0 Å². The molecule has 0 fully saturated rings. The highest BCUT2D eigenvalue weighted by atomic mass is 32.2. The zero-order valence-electron chi connectivity index (χ0n) is 8.71. The molecule has 17 heavy (non-hydrogen) atoms. The van der Waals surface area contributed by atoms with E-state index in [0.29, 0.717) is 16.6 Å². The van der Waals surface area contributed by atoms with Crippen molar-refractivity contribution in [2.75, 3.05) is 0 Å². The van der Waals surface area contributed by atoms with Gasteiger partial charge in [-0.15, -0.1) is 16.4 Å². The molecule has 0 aliphatic carbocycles. The van der Waals surface area contributed by atoms with Gasteiger partial charge in [0.1, 0.15) is 0 Å². The summed E-state index contributed by atoms with van der Waals surface area (Å²) in [5.74, 6) is -0.555. The van der Waals surface area contributed by atoms with Crippen molar-refractivity contribution in [1.29, 1.82) is 0 Å². The number of hydrogen-bond donors (Lipinski definition) is 2. The smallest absolute Gasteiger partial charge is 0.365 e. The van der Waals surface area contributed by atoms with Crippen molar-refractivity contribution in [3.8, 4) is 0 Å². The summed E-state index contributed by atoms with van der Waals surface area (Å²) in [6.45, 7) is 0. The van der Waals surface area contributed by atoms with Gasteiger partial charge >= 0.3 is 11.7 Å². The minimum absolute atomic E-state index is 0.0662. The molecular weight excluding hydrogens is 264 g/mol. The summed E-state index contributed by atoms with van der Waals surface area (Å²) in [5, 5.41) is 17.1. The van der Waals surface area contributed by atoms with Crippen LogP contribution in [0.15, 0.2) is 15.3 Å². The van der Waals surface area contributed by atoms with Crippen molar-refractivity contribution in [1.82, 2.24) is 19.7 Å². The number of hydrogen-bond acceptors (Lipinski definition) is 6. The van der Waals surface area contributed by atoms with Gasteiger partial charge in [-0.05, 0) is 0 Å². The van der Waals surface area contributed by atoms with Crippen LogP contribution in [0.3, 0.4) is 0 Å². The lowest BCUT2D eigenvalue weighted by Crippen LogP contribution is -2.12. The molecule has 0 radical (unpaired) electrons. The van der Waals surface area contributed by atoms with Gasteiger partial charge in [-0.25, -0.2) is 19.7 Å². The Morgan fingerprint density at radius 3 is 3.00 bits per heavy atom. The van der Waals surface area contributed by atoms with Gasteiger partial charge in [0.15, 0.2) is 5.16 Å². The Kier molecular flexibility index (Phi) is 3.29. The van der Waals surface area contributed by atoms with Crippen molar-refractivity contribution in [2.45, 2.75) is 10.9 Å². The third-order valence-corrected chi connectivity index (χ3v) is 3.87. The number of aromatic amines is 1. The van der Waals surface area contributed by atoms with Crippen LogP contribution in [-0.2, 0) is 12.8 Å². The van der Waals surface area contributed by atoms with Crippen LogP contribution in [0.1, 0.15) is 15.5 Å². The summed E-state index contributed by atoms with van der Waals surface area (Å²) < 4.78 is 1.38. The lowest BCUT2D eigenvalue weighted by molar-refractivity contribution is 0.0696. The first kappa shape index (κ1) is 11.9. The maximum absolute atomic E-state index is 11.1. The zero-order valence-corrected chi connectivity index (χ0v) is 10.3. The molecule has 2 rings (SSSR count). The number of nitrogens with zero attached hydrogens (tertiary/aromatic N) is 3. The highest BCUT2D eigenvalue weighted by Gasteiger charge is 2.10. The molecule has 0 aromatic carbocycles. The normalized spacial score (nSPS) is 10.6. The minimum Gasteiger partial charge on any atom is -0.476 e. The van der Waals surface area contributed by atoms with E-state index >= 15 is 0 Å². The molecule has 0 amide bonds. The Morgan fingerprint density at radius 1 is 1.71 bits per heavy atom. The van der Waals surface area contributed by atoms with Gasteiger partial charge in [0.2, 0.25) is 5.01 Å². The fourth-order valence-electron chi connectivity index (χ4n) is 1.07. The Hall–Kier alpha value is -1.61. The van der Waals surface area contributed by atoms with Crippen molar-refractivity contribution >= 4 is 29.1 Å². The number of aromatic carboxylic acids is 1. The maximum atomic E-state index is 11.1. The fraction of sp³-hybridized carbons (Fsp3) is 0.250. The third-order valence-electron chi connectivity index (χ3n) is 1.92. The summed E-state index contributed by atoms with van der Waals surface area (Å²) >= 11 is 2.40. The van der Waals surface area contributed by atoms with Crippen molar-refractivity contribution in [2.24, 2.45) is 7.05 Å². The predicted octanol–water partition coefficient (Wildman–Crippen LogP) is 0.555. The number of thioether (sulfide) groups is 1. The van der Waals surface area contributed by atoms with Crippen LogP contribution in [0.25, 0.3) is 0 Å². The van der Waals surface area contributed by atoms with Crippen molar-refractivity contribution < 1.29 is 9.90 Å². The van der Waals surface area contributed by atoms with Crippen LogP contribution in [0, 0.1) is 0 Å². The van der Waals surface area contributed by atoms with Crippen molar-refractivity contribution in [3.05, 3.63) is 26.6 Å². The summed E-state index contributed by atoms with van der Waals surface area (Å²) in [7, 11) is 1.61. The van der Waals surface area contributed by atoms with Gasteiger partial charge in [0.25, 0.3) is 0 Å². The second-order valence-electron chi connectivity index (χ2n) is 3.11. The summed E-state index contributed by atoms with van der Waals surface area (Å²) in [6.07, 6.45) is 0. The van der Waals surface area contributed by atoms with E-state index in [-0.39, 0.29) is 10.7 Å². The minimum atomic E-state index is -1.03. The number of carboxylic acids is 1. The molecule has 0 bridgehead atoms. The second kappa shape index (κ2) is 4.72. The highest BCUT2D eigenvalue weighted by Crippen LogP contribution is 2.20. The molecule has 0 saturated carbocycles. The molecule has 0 unspecified atom stereocenters. The third kappa shape index (κ3) is 2.56. The summed E-state index contributed by atoms with van der Waals surface area (Å²) in [6, 6.07) is 0. The molecular formula is C8H8N4O3S2. The number of carbonyl (C=O) groups is 1. The van der Waals surface area contributed by atoms with E-state index < -0.39 is 5.97 Å². The van der Waals surface area contributed by atoms with Gasteiger partial charge in [-0.1, -0.05) is 11.8 Å². The van der Waals surface area contributed by atoms with E-state index in [2.05, 4.69) is 15.2 Å². The van der Waals surface area contributed by atoms with Crippen LogP contribution in [0.4, 0.5) is 0 Å². The Balaban J connectivity index is 2.05. The lowest BCUT2D eigenvalue weighted by Gasteiger charge is -1.96. The molecule has 0 aliphatic rings. The molecule has 2 N–H and O–H groups in total. The van der Waals surface area contributed by atoms with Gasteiger partial charge in [0.05, 0.1) is 5.69 Å². The largest absolute Gasteiger partial charge is 0.476 e.